The molecule has 1 atom stereocenters. The second-order valence-corrected chi connectivity index (χ2v) is 6.21. The monoisotopic (exact) mass is 319 g/mol. The van der Waals surface area contributed by atoms with E-state index in [1.54, 1.807) is 0 Å². The van der Waals surface area contributed by atoms with E-state index < -0.39 is 0 Å². The molecule has 1 unspecified atom stereocenters. The Bertz CT molecular complexity index is 553. The highest BCUT2D eigenvalue weighted by Gasteiger charge is 2.45. The van der Waals surface area contributed by atoms with Crippen molar-refractivity contribution in [3.63, 3.8) is 0 Å². The topological polar surface area (TPSA) is 43.8 Å². The number of hydrogen-bond donors (Lipinski definition) is 1. The van der Waals surface area contributed by atoms with Gasteiger partial charge in [-0.1, -0.05) is 36.8 Å². The van der Waals surface area contributed by atoms with E-state index in [0.29, 0.717) is 0 Å². The van der Waals surface area contributed by atoms with Gasteiger partial charge in [0, 0.05) is 12.5 Å². The summed E-state index contributed by atoms with van der Waals surface area (Å²) in [6.45, 7) is 0. The summed E-state index contributed by atoms with van der Waals surface area (Å²) < 4.78 is 2.89. The van der Waals surface area contributed by atoms with Crippen molar-refractivity contribution >= 4 is 15.9 Å². The van der Waals surface area contributed by atoms with Gasteiger partial charge in [-0.25, -0.2) is 0 Å². The van der Waals surface area contributed by atoms with Gasteiger partial charge in [-0.3, -0.25) is 4.68 Å². The molecule has 1 fully saturated rings. The summed E-state index contributed by atoms with van der Waals surface area (Å²) >= 11 is 3.57. The summed E-state index contributed by atoms with van der Waals surface area (Å²) in [5, 5.41) is 4.29. The number of rotatable bonds is 3. The molecule has 0 aliphatic heterocycles. The van der Waals surface area contributed by atoms with Crippen molar-refractivity contribution in [2.75, 3.05) is 0 Å². The quantitative estimate of drug-likeness (QED) is 0.943. The third-order valence-corrected chi connectivity index (χ3v) is 5.03. The van der Waals surface area contributed by atoms with E-state index in [1.165, 1.54) is 12.0 Å². The van der Waals surface area contributed by atoms with E-state index in [-0.39, 0.29) is 11.5 Å². The Hall–Kier alpha value is -1.13. The summed E-state index contributed by atoms with van der Waals surface area (Å²) in [7, 11) is 1.96. The third kappa shape index (κ3) is 1.94. The highest BCUT2D eigenvalue weighted by Crippen LogP contribution is 2.51. The first-order valence-electron chi connectivity index (χ1n) is 6.64. The molecule has 1 aliphatic carbocycles. The molecule has 4 heteroatoms. The number of halogens is 1. The van der Waals surface area contributed by atoms with Crippen LogP contribution in [-0.4, -0.2) is 9.78 Å². The van der Waals surface area contributed by atoms with Crippen molar-refractivity contribution in [2.24, 2.45) is 12.8 Å². The average molecular weight is 320 g/mol. The number of nitrogens with zero attached hydrogens (tertiary/aromatic N) is 2. The molecule has 1 saturated carbocycles. The zero-order valence-corrected chi connectivity index (χ0v) is 12.6. The van der Waals surface area contributed by atoms with Crippen LogP contribution in [0.1, 0.15) is 36.6 Å². The van der Waals surface area contributed by atoms with Crippen LogP contribution in [0, 0.1) is 0 Å². The Morgan fingerprint density at radius 1 is 1.32 bits per heavy atom. The Morgan fingerprint density at radius 2 is 2.00 bits per heavy atom. The maximum atomic E-state index is 6.62. The summed E-state index contributed by atoms with van der Waals surface area (Å²) in [5.41, 5.74) is 9.13. The fraction of sp³-hybridized carbons (Fsp3) is 0.400. The largest absolute Gasteiger partial charge is 0.322 e. The lowest BCUT2D eigenvalue weighted by Gasteiger charge is -2.47. The molecule has 3 rings (SSSR count). The maximum absolute atomic E-state index is 6.62. The number of nitrogens with two attached hydrogens (primary N) is 1. The van der Waals surface area contributed by atoms with Gasteiger partial charge in [0.2, 0.25) is 0 Å². The van der Waals surface area contributed by atoms with Gasteiger partial charge in [0.1, 0.15) is 0 Å². The number of benzene rings is 1. The molecule has 2 N–H and O–H groups in total. The number of aryl methyl sites for hydroxylation is 1. The van der Waals surface area contributed by atoms with Crippen molar-refractivity contribution in [3.05, 3.63) is 52.3 Å². The van der Waals surface area contributed by atoms with Crippen molar-refractivity contribution in [3.8, 4) is 0 Å². The van der Waals surface area contributed by atoms with Crippen LogP contribution < -0.4 is 5.73 Å². The number of hydrogen-bond acceptors (Lipinski definition) is 2. The number of aromatic nitrogens is 2. The minimum atomic E-state index is -0.0227. The highest BCUT2D eigenvalue weighted by atomic mass is 79.9. The Morgan fingerprint density at radius 3 is 2.47 bits per heavy atom. The second-order valence-electron chi connectivity index (χ2n) is 5.35. The fourth-order valence-electron chi connectivity index (χ4n) is 3.14. The molecule has 0 amide bonds. The van der Waals surface area contributed by atoms with Crippen LogP contribution in [-0.2, 0) is 12.5 Å². The Balaban J connectivity index is 2.04. The first kappa shape index (κ1) is 12.9. The van der Waals surface area contributed by atoms with Gasteiger partial charge in [-0.2, -0.15) is 5.10 Å². The lowest BCUT2D eigenvalue weighted by Crippen LogP contribution is -2.45. The van der Waals surface area contributed by atoms with E-state index in [2.05, 4.69) is 51.4 Å². The van der Waals surface area contributed by atoms with E-state index in [4.69, 9.17) is 5.73 Å². The first-order chi connectivity index (χ1) is 9.15. The minimum absolute atomic E-state index is 0.0227. The van der Waals surface area contributed by atoms with Gasteiger partial charge in [0.05, 0.1) is 22.4 Å². The molecule has 2 aromatic rings. The molecular weight excluding hydrogens is 302 g/mol. The fourth-order valence-corrected chi connectivity index (χ4v) is 3.73. The molecule has 1 heterocycles. The molecule has 1 aromatic heterocycles. The molecule has 0 bridgehead atoms. The van der Waals surface area contributed by atoms with Gasteiger partial charge in [-0.05, 0) is 34.3 Å². The summed E-state index contributed by atoms with van der Waals surface area (Å²) in [6, 6.07) is 10.6. The van der Waals surface area contributed by atoms with Crippen LogP contribution >= 0.6 is 15.9 Å². The maximum Gasteiger partial charge on any atom is 0.0699 e. The lowest BCUT2D eigenvalue weighted by molar-refractivity contribution is 0.190. The van der Waals surface area contributed by atoms with Crippen molar-refractivity contribution in [1.82, 2.24) is 9.78 Å². The molecule has 1 aromatic carbocycles. The predicted molar refractivity (Wildman–Crippen MR) is 79.8 cm³/mol. The second kappa shape index (κ2) is 4.76. The zero-order chi connectivity index (χ0) is 13.5. The third-order valence-electron chi connectivity index (χ3n) is 4.42. The smallest absolute Gasteiger partial charge is 0.0699 e. The van der Waals surface area contributed by atoms with Gasteiger partial charge in [0.25, 0.3) is 0 Å². The molecule has 0 saturated heterocycles. The van der Waals surface area contributed by atoms with Crippen LogP contribution in [0.25, 0.3) is 0 Å². The molecule has 100 valence electrons. The molecule has 0 spiro atoms. The van der Waals surface area contributed by atoms with Crippen LogP contribution in [0.15, 0.2) is 41.0 Å². The normalized spacial score (nSPS) is 18.9. The van der Waals surface area contributed by atoms with E-state index in [9.17, 15) is 0 Å². The predicted octanol–water partition coefficient (Wildman–Crippen LogP) is 3.30. The van der Waals surface area contributed by atoms with Gasteiger partial charge in [-0.15, -0.1) is 0 Å². The van der Waals surface area contributed by atoms with Crippen LogP contribution in [0.4, 0.5) is 0 Å². The van der Waals surface area contributed by atoms with Crippen LogP contribution in [0.3, 0.4) is 0 Å². The average Bonchev–Trinajstić information content (AvgIpc) is 2.69. The molecular formula is C15H18BrN3. The zero-order valence-electron chi connectivity index (χ0n) is 11.0. The molecule has 1 aliphatic rings. The van der Waals surface area contributed by atoms with Crippen molar-refractivity contribution in [2.45, 2.75) is 30.7 Å². The van der Waals surface area contributed by atoms with Crippen molar-refractivity contribution in [1.29, 1.82) is 0 Å². The van der Waals surface area contributed by atoms with E-state index in [1.807, 2.05) is 17.9 Å². The van der Waals surface area contributed by atoms with Gasteiger partial charge < -0.3 is 5.73 Å². The first-order valence-corrected chi connectivity index (χ1v) is 7.43. The minimum Gasteiger partial charge on any atom is -0.322 e. The van der Waals surface area contributed by atoms with Crippen LogP contribution in [0.5, 0.6) is 0 Å². The summed E-state index contributed by atoms with van der Waals surface area (Å²) in [4.78, 5) is 0. The summed E-state index contributed by atoms with van der Waals surface area (Å²) in [6.07, 6.45) is 5.37. The molecule has 3 nitrogen and oxygen atoms in total. The summed E-state index contributed by atoms with van der Waals surface area (Å²) in [5.74, 6) is 0. The Labute approximate surface area is 121 Å². The Kier molecular flexibility index (Phi) is 3.23. The van der Waals surface area contributed by atoms with E-state index >= 15 is 0 Å². The van der Waals surface area contributed by atoms with Crippen LogP contribution in [0.2, 0.25) is 0 Å². The highest BCUT2D eigenvalue weighted by molar-refractivity contribution is 9.10. The molecule has 0 radical (unpaired) electrons. The van der Waals surface area contributed by atoms with Gasteiger partial charge >= 0.3 is 0 Å². The standard InChI is InChI=1S/C15H18BrN3/c1-19-13(12(16)10-18-19)14(17)15(8-5-9-15)11-6-3-2-4-7-11/h2-4,6-7,10,14H,5,8-9,17H2,1H3. The SMILES string of the molecule is Cn1ncc(Br)c1C(N)C1(c2ccccc2)CCC1. The van der Waals surface area contributed by atoms with Gasteiger partial charge in [0.15, 0.2) is 0 Å². The van der Waals surface area contributed by atoms with E-state index in [0.717, 1.165) is 23.0 Å². The molecule has 19 heavy (non-hydrogen) atoms. The lowest BCUT2D eigenvalue weighted by atomic mass is 9.59. The van der Waals surface area contributed by atoms with Crippen molar-refractivity contribution < 1.29 is 0 Å².